The van der Waals surface area contributed by atoms with Crippen LogP contribution in [0.5, 0.6) is 0 Å². The predicted molar refractivity (Wildman–Crippen MR) is 101 cm³/mol. The molecule has 26 heavy (non-hydrogen) atoms. The molecule has 2 aromatic heterocycles. The van der Waals surface area contributed by atoms with Crippen molar-refractivity contribution >= 4 is 11.8 Å². The Morgan fingerprint density at radius 3 is 3.08 bits per heavy atom. The summed E-state index contributed by atoms with van der Waals surface area (Å²) >= 11 is 0. The molecule has 0 amide bonds. The van der Waals surface area contributed by atoms with Crippen molar-refractivity contribution in [1.29, 1.82) is 0 Å². The quantitative estimate of drug-likeness (QED) is 0.856. The minimum absolute atomic E-state index is 0.194. The van der Waals surface area contributed by atoms with Crippen LogP contribution in [-0.2, 0) is 24.2 Å². The number of anilines is 2. The van der Waals surface area contributed by atoms with Crippen molar-refractivity contribution in [2.24, 2.45) is 0 Å². The highest BCUT2D eigenvalue weighted by atomic mass is 16.5. The van der Waals surface area contributed by atoms with E-state index in [1.54, 1.807) is 6.20 Å². The van der Waals surface area contributed by atoms with Crippen molar-refractivity contribution in [2.75, 3.05) is 36.8 Å². The second kappa shape index (κ2) is 7.97. The monoisotopic (exact) mass is 354 g/mol. The maximum Gasteiger partial charge on any atom is 0.222 e. The number of ether oxygens (including phenoxy) is 1. The minimum atomic E-state index is 0.194. The fraction of sp³-hybridized carbons (Fsp3) is 0.526. The first-order valence-electron chi connectivity index (χ1n) is 9.41. The summed E-state index contributed by atoms with van der Waals surface area (Å²) < 4.78 is 6.15. The number of hydrogen-bond donors (Lipinski definition) is 2. The van der Waals surface area contributed by atoms with Gasteiger partial charge in [-0.2, -0.15) is 4.98 Å². The molecule has 2 aliphatic rings. The first-order chi connectivity index (χ1) is 12.8. The molecule has 7 nitrogen and oxygen atoms in total. The molecule has 0 spiro atoms. The normalized spacial score (nSPS) is 20.5. The number of aromatic nitrogens is 3. The summed E-state index contributed by atoms with van der Waals surface area (Å²) in [5, 5.41) is 3.43. The van der Waals surface area contributed by atoms with Crippen molar-refractivity contribution in [3.8, 4) is 0 Å². The van der Waals surface area contributed by atoms with Gasteiger partial charge in [-0.15, -0.1) is 0 Å². The van der Waals surface area contributed by atoms with Crippen LogP contribution >= 0.6 is 0 Å². The van der Waals surface area contributed by atoms with Gasteiger partial charge in [-0.05, 0) is 37.4 Å². The second-order valence-corrected chi connectivity index (χ2v) is 6.96. The van der Waals surface area contributed by atoms with Gasteiger partial charge in [0.2, 0.25) is 5.95 Å². The molecule has 1 unspecified atom stereocenters. The van der Waals surface area contributed by atoms with Gasteiger partial charge in [0.05, 0.1) is 18.4 Å². The number of nitrogen functional groups attached to an aromatic ring is 1. The lowest BCUT2D eigenvalue weighted by atomic mass is 10.0. The number of hydrogen-bond acceptors (Lipinski definition) is 7. The van der Waals surface area contributed by atoms with Gasteiger partial charge >= 0.3 is 0 Å². The molecule has 4 rings (SSSR count). The van der Waals surface area contributed by atoms with Crippen molar-refractivity contribution in [1.82, 2.24) is 20.3 Å². The number of rotatable bonds is 4. The maximum absolute atomic E-state index is 6.15. The largest absolute Gasteiger partial charge is 0.372 e. The third-order valence-electron chi connectivity index (χ3n) is 5.06. The van der Waals surface area contributed by atoms with Crippen molar-refractivity contribution in [3.05, 3.63) is 41.3 Å². The number of nitrogens with zero attached hydrogens (tertiary/aromatic N) is 4. The molecule has 0 aromatic carbocycles. The van der Waals surface area contributed by atoms with E-state index in [1.807, 2.05) is 18.3 Å². The van der Waals surface area contributed by atoms with E-state index in [0.717, 1.165) is 68.9 Å². The number of piperidine rings is 1. The summed E-state index contributed by atoms with van der Waals surface area (Å²) in [6.45, 7) is 4.34. The Bertz CT molecular complexity index is 738. The van der Waals surface area contributed by atoms with Crippen LogP contribution in [0, 0.1) is 0 Å². The summed E-state index contributed by atoms with van der Waals surface area (Å²) in [6, 6.07) is 3.99. The fourth-order valence-electron chi connectivity index (χ4n) is 3.77. The zero-order valence-corrected chi connectivity index (χ0v) is 15.0. The smallest absolute Gasteiger partial charge is 0.222 e. The Balaban J connectivity index is 1.48. The molecule has 138 valence electrons. The standard InChI is InChI=1S/C19H26N6O/c20-19-23-17-6-9-21-8-5-16(17)18(24-19)25-10-2-4-15(12-25)26-13-14-3-1-7-22-11-14/h1,3,7,11,15,21H,2,4-6,8-10,12-13H2,(H2,20,23,24). The molecule has 0 bridgehead atoms. The van der Waals surface area contributed by atoms with Gasteiger partial charge in [0.1, 0.15) is 5.82 Å². The Hall–Kier alpha value is -2.25. The number of pyridine rings is 1. The zero-order chi connectivity index (χ0) is 17.8. The lowest BCUT2D eigenvalue weighted by molar-refractivity contribution is 0.0313. The van der Waals surface area contributed by atoms with E-state index in [9.17, 15) is 0 Å². The third kappa shape index (κ3) is 3.94. The molecule has 1 fully saturated rings. The van der Waals surface area contributed by atoms with E-state index in [2.05, 4.69) is 25.2 Å². The van der Waals surface area contributed by atoms with Crippen LogP contribution in [0.3, 0.4) is 0 Å². The van der Waals surface area contributed by atoms with Gasteiger partial charge in [-0.25, -0.2) is 4.98 Å². The average molecular weight is 354 g/mol. The van der Waals surface area contributed by atoms with Crippen LogP contribution in [0.4, 0.5) is 11.8 Å². The lowest BCUT2D eigenvalue weighted by Gasteiger charge is -2.34. The van der Waals surface area contributed by atoms with Crippen LogP contribution < -0.4 is 16.0 Å². The molecule has 0 radical (unpaired) electrons. The van der Waals surface area contributed by atoms with E-state index in [-0.39, 0.29) is 6.10 Å². The molecule has 3 N–H and O–H groups in total. The highest BCUT2D eigenvalue weighted by molar-refractivity contribution is 5.53. The molecule has 4 heterocycles. The van der Waals surface area contributed by atoms with Crippen LogP contribution in [0.15, 0.2) is 24.5 Å². The maximum atomic E-state index is 6.15. The lowest BCUT2D eigenvalue weighted by Crippen LogP contribution is -2.41. The molecular weight excluding hydrogens is 328 g/mol. The SMILES string of the molecule is Nc1nc2c(c(N3CCCC(OCc4cccnc4)C3)n1)CCNCC2. The number of nitrogens with one attached hydrogen (secondary N) is 1. The Kier molecular flexibility index (Phi) is 5.26. The number of nitrogens with two attached hydrogens (primary N) is 1. The molecule has 2 aromatic rings. The topological polar surface area (TPSA) is 89.2 Å². The molecule has 0 saturated carbocycles. The highest BCUT2D eigenvalue weighted by Crippen LogP contribution is 2.27. The van der Waals surface area contributed by atoms with E-state index < -0.39 is 0 Å². The van der Waals surface area contributed by atoms with Crippen LogP contribution in [0.2, 0.25) is 0 Å². The van der Waals surface area contributed by atoms with Crippen molar-refractivity contribution < 1.29 is 4.74 Å². The van der Waals surface area contributed by atoms with Crippen molar-refractivity contribution in [3.63, 3.8) is 0 Å². The van der Waals surface area contributed by atoms with Gasteiger partial charge in [0.15, 0.2) is 0 Å². The Labute approximate surface area is 154 Å². The molecule has 7 heteroatoms. The van der Waals surface area contributed by atoms with E-state index in [1.165, 1.54) is 5.56 Å². The molecular formula is C19H26N6O. The zero-order valence-electron chi connectivity index (χ0n) is 15.0. The van der Waals surface area contributed by atoms with Crippen molar-refractivity contribution in [2.45, 2.75) is 38.4 Å². The third-order valence-corrected chi connectivity index (χ3v) is 5.06. The van der Waals surface area contributed by atoms with Gasteiger partial charge in [0.25, 0.3) is 0 Å². The first kappa shape index (κ1) is 17.2. The minimum Gasteiger partial charge on any atom is -0.372 e. The molecule has 1 atom stereocenters. The van der Waals surface area contributed by atoms with Gasteiger partial charge in [-0.1, -0.05) is 6.07 Å². The summed E-state index contributed by atoms with van der Waals surface area (Å²) in [7, 11) is 0. The average Bonchev–Trinajstić information content (AvgIpc) is 2.92. The van der Waals surface area contributed by atoms with Crippen LogP contribution in [-0.4, -0.2) is 47.2 Å². The Morgan fingerprint density at radius 1 is 1.27 bits per heavy atom. The van der Waals surface area contributed by atoms with E-state index in [4.69, 9.17) is 10.5 Å². The van der Waals surface area contributed by atoms with E-state index in [0.29, 0.717) is 12.6 Å². The molecule has 2 aliphatic heterocycles. The van der Waals surface area contributed by atoms with Crippen LogP contribution in [0.25, 0.3) is 0 Å². The molecule has 0 aliphatic carbocycles. The number of fused-ring (bicyclic) bond motifs is 1. The van der Waals surface area contributed by atoms with Gasteiger partial charge < -0.3 is 20.7 Å². The Morgan fingerprint density at radius 2 is 2.19 bits per heavy atom. The van der Waals surface area contributed by atoms with Gasteiger partial charge in [-0.3, -0.25) is 4.98 Å². The predicted octanol–water partition coefficient (Wildman–Crippen LogP) is 1.33. The summed E-state index contributed by atoms with van der Waals surface area (Å²) in [6.07, 6.45) is 7.85. The fourth-order valence-corrected chi connectivity index (χ4v) is 3.77. The van der Waals surface area contributed by atoms with E-state index >= 15 is 0 Å². The molecule has 1 saturated heterocycles. The van der Waals surface area contributed by atoms with Crippen LogP contribution in [0.1, 0.15) is 29.7 Å². The summed E-state index contributed by atoms with van der Waals surface area (Å²) in [4.78, 5) is 15.6. The summed E-state index contributed by atoms with van der Waals surface area (Å²) in [5.41, 5.74) is 9.45. The first-order valence-corrected chi connectivity index (χ1v) is 9.41. The second-order valence-electron chi connectivity index (χ2n) is 6.96. The summed E-state index contributed by atoms with van der Waals surface area (Å²) in [5.74, 6) is 1.38. The highest BCUT2D eigenvalue weighted by Gasteiger charge is 2.26. The van der Waals surface area contributed by atoms with Gasteiger partial charge in [0, 0.05) is 44.0 Å².